The lowest BCUT2D eigenvalue weighted by Crippen LogP contribution is -1.78. The highest BCUT2D eigenvalue weighted by molar-refractivity contribution is 6.03. The fourth-order valence-corrected chi connectivity index (χ4v) is 2.96. The van der Waals surface area contributed by atoms with Crippen LogP contribution < -0.4 is 0 Å². The molecule has 0 aliphatic carbocycles. The normalized spacial score (nSPS) is 11.3. The molecule has 1 N–H and O–H groups in total. The van der Waals surface area contributed by atoms with Crippen molar-refractivity contribution >= 4 is 21.9 Å². The second kappa shape index (κ2) is 5.06. The van der Waals surface area contributed by atoms with E-state index in [0.29, 0.717) is 0 Å². The summed E-state index contributed by atoms with van der Waals surface area (Å²) in [7, 11) is 0. The van der Waals surface area contributed by atoms with Gasteiger partial charge in [-0.15, -0.1) is 0 Å². The third kappa shape index (κ3) is 2.01. The first-order valence-electron chi connectivity index (χ1n) is 7.77. The molecule has 0 aliphatic heterocycles. The molecule has 0 saturated carbocycles. The minimum atomic E-state index is 0.724. The van der Waals surface area contributed by atoms with E-state index in [-0.39, 0.29) is 0 Å². The summed E-state index contributed by atoms with van der Waals surface area (Å²) in [4.78, 5) is 12.4. The Kier molecular flexibility index (Phi) is 2.76. The zero-order valence-corrected chi connectivity index (χ0v) is 12.7. The highest BCUT2D eigenvalue weighted by Gasteiger charge is 2.12. The van der Waals surface area contributed by atoms with Crippen LogP contribution in [0.3, 0.4) is 0 Å². The number of imidazole rings is 1. The quantitative estimate of drug-likeness (QED) is 0.497. The van der Waals surface area contributed by atoms with E-state index in [1.54, 1.807) is 6.20 Å². The van der Waals surface area contributed by atoms with E-state index in [9.17, 15) is 0 Å². The second-order valence-electron chi connectivity index (χ2n) is 5.65. The maximum absolute atomic E-state index is 5.99. The molecule has 0 spiro atoms. The fraction of sp³-hybridized carbons (Fsp3) is 0. The van der Waals surface area contributed by atoms with Crippen molar-refractivity contribution < 1.29 is 4.42 Å². The average Bonchev–Trinajstić information content (AvgIpc) is 3.29. The molecule has 114 valence electrons. The first kappa shape index (κ1) is 13.1. The van der Waals surface area contributed by atoms with Crippen LogP contribution >= 0.6 is 0 Å². The van der Waals surface area contributed by atoms with Crippen molar-refractivity contribution in [2.75, 3.05) is 0 Å². The highest BCUT2D eigenvalue weighted by atomic mass is 16.3. The van der Waals surface area contributed by atoms with Gasteiger partial charge in [-0.3, -0.25) is 4.98 Å². The molecule has 0 unspecified atom stereocenters. The minimum absolute atomic E-state index is 0.724. The van der Waals surface area contributed by atoms with E-state index in [1.807, 2.05) is 66.7 Å². The largest absolute Gasteiger partial charge is 0.453 e. The van der Waals surface area contributed by atoms with Gasteiger partial charge < -0.3 is 9.40 Å². The Bertz CT molecular complexity index is 1160. The number of pyridine rings is 1. The Hall–Kier alpha value is -3.40. The van der Waals surface area contributed by atoms with E-state index in [4.69, 9.17) is 9.40 Å². The maximum atomic E-state index is 5.99. The third-order valence-electron chi connectivity index (χ3n) is 4.13. The molecule has 3 aromatic heterocycles. The van der Waals surface area contributed by atoms with Gasteiger partial charge in [-0.1, -0.05) is 30.3 Å². The van der Waals surface area contributed by atoms with Crippen LogP contribution in [-0.2, 0) is 0 Å². The van der Waals surface area contributed by atoms with Crippen molar-refractivity contribution in [3.8, 4) is 22.9 Å². The van der Waals surface area contributed by atoms with Crippen LogP contribution in [0, 0.1) is 0 Å². The van der Waals surface area contributed by atoms with Crippen molar-refractivity contribution in [2.45, 2.75) is 0 Å². The predicted octanol–water partition coefficient (Wildman–Crippen LogP) is 5.04. The first-order chi connectivity index (χ1) is 11.9. The third-order valence-corrected chi connectivity index (χ3v) is 4.13. The number of aromatic nitrogens is 3. The summed E-state index contributed by atoms with van der Waals surface area (Å²) in [6.07, 6.45) is 1.79. The molecule has 2 aromatic carbocycles. The van der Waals surface area contributed by atoms with Crippen LogP contribution in [0.5, 0.6) is 0 Å². The molecule has 0 radical (unpaired) electrons. The Morgan fingerprint density at radius 2 is 1.67 bits per heavy atom. The molecule has 0 aliphatic rings. The average molecular weight is 311 g/mol. The predicted molar refractivity (Wildman–Crippen MR) is 94.5 cm³/mol. The Morgan fingerprint density at radius 1 is 0.792 bits per heavy atom. The Morgan fingerprint density at radius 3 is 2.58 bits per heavy atom. The summed E-state index contributed by atoms with van der Waals surface area (Å²) < 4.78 is 5.99. The van der Waals surface area contributed by atoms with Crippen molar-refractivity contribution in [1.29, 1.82) is 0 Å². The molecule has 4 nitrogen and oxygen atoms in total. The summed E-state index contributed by atoms with van der Waals surface area (Å²) >= 11 is 0. The lowest BCUT2D eigenvalue weighted by atomic mass is 10.2. The molecular weight excluding hydrogens is 298 g/mol. The van der Waals surface area contributed by atoms with Gasteiger partial charge in [-0.2, -0.15) is 0 Å². The maximum Gasteiger partial charge on any atom is 0.174 e. The van der Waals surface area contributed by atoms with Crippen LogP contribution in [0.1, 0.15) is 0 Å². The van der Waals surface area contributed by atoms with Crippen molar-refractivity contribution in [1.82, 2.24) is 15.0 Å². The summed E-state index contributed by atoms with van der Waals surface area (Å²) in [6.45, 7) is 0. The molecule has 0 amide bonds. The summed E-state index contributed by atoms with van der Waals surface area (Å²) in [5, 5.41) is 1.03. The first-order valence-corrected chi connectivity index (χ1v) is 7.77. The van der Waals surface area contributed by atoms with Crippen LogP contribution in [0.25, 0.3) is 44.8 Å². The molecular formula is C20H13N3O. The van der Waals surface area contributed by atoms with Gasteiger partial charge in [0.25, 0.3) is 0 Å². The van der Waals surface area contributed by atoms with Crippen LogP contribution in [0.4, 0.5) is 0 Å². The number of nitrogens with zero attached hydrogens (tertiary/aromatic N) is 2. The zero-order chi connectivity index (χ0) is 15.9. The lowest BCUT2D eigenvalue weighted by Gasteiger charge is -1.95. The SMILES string of the molecule is c1ccc(-c2ccc(-c3nc4c(ccc5ncccc54)[nH]3)o2)cc1. The summed E-state index contributed by atoms with van der Waals surface area (Å²) in [5.74, 6) is 2.28. The molecule has 5 rings (SSSR count). The summed E-state index contributed by atoms with van der Waals surface area (Å²) in [5.41, 5.74) is 3.87. The number of fused-ring (bicyclic) bond motifs is 3. The van der Waals surface area contributed by atoms with E-state index in [0.717, 1.165) is 44.8 Å². The van der Waals surface area contributed by atoms with Crippen molar-refractivity contribution in [3.05, 3.63) is 72.9 Å². The standard InChI is InChI=1S/C20H13N3O/c1-2-5-13(6-3-1)17-10-11-18(24-17)20-22-16-9-8-15-14(19(16)23-20)7-4-12-21-15/h1-12H,(H,22,23). The summed E-state index contributed by atoms with van der Waals surface area (Å²) in [6, 6.07) is 21.9. The van der Waals surface area contributed by atoms with Crippen molar-refractivity contribution in [3.63, 3.8) is 0 Å². The number of benzene rings is 2. The van der Waals surface area contributed by atoms with Crippen LogP contribution in [-0.4, -0.2) is 15.0 Å². The molecule has 24 heavy (non-hydrogen) atoms. The van der Waals surface area contributed by atoms with Gasteiger partial charge in [0.1, 0.15) is 5.76 Å². The molecule has 5 aromatic rings. The number of rotatable bonds is 2. The van der Waals surface area contributed by atoms with E-state index < -0.39 is 0 Å². The van der Waals surface area contributed by atoms with Gasteiger partial charge >= 0.3 is 0 Å². The fourth-order valence-electron chi connectivity index (χ4n) is 2.96. The van der Waals surface area contributed by atoms with Crippen LogP contribution in [0.2, 0.25) is 0 Å². The number of furan rings is 1. The number of hydrogen-bond donors (Lipinski definition) is 1. The number of hydrogen-bond acceptors (Lipinski definition) is 3. The van der Waals surface area contributed by atoms with E-state index >= 15 is 0 Å². The van der Waals surface area contributed by atoms with Crippen LogP contribution in [0.15, 0.2) is 77.3 Å². The van der Waals surface area contributed by atoms with Crippen molar-refractivity contribution in [2.24, 2.45) is 0 Å². The minimum Gasteiger partial charge on any atom is -0.453 e. The van der Waals surface area contributed by atoms with Gasteiger partial charge in [0.05, 0.1) is 16.6 Å². The molecule has 0 atom stereocenters. The second-order valence-corrected chi connectivity index (χ2v) is 5.65. The molecule has 0 bridgehead atoms. The van der Waals surface area contributed by atoms with Gasteiger partial charge in [-0.25, -0.2) is 4.98 Å². The van der Waals surface area contributed by atoms with Gasteiger partial charge in [0.2, 0.25) is 0 Å². The zero-order valence-electron chi connectivity index (χ0n) is 12.7. The van der Waals surface area contributed by atoms with Gasteiger partial charge in [-0.05, 0) is 36.4 Å². The molecule has 0 fully saturated rings. The topological polar surface area (TPSA) is 54.7 Å². The molecule has 0 saturated heterocycles. The number of nitrogens with one attached hydrogen (secondary N) is 1. The molecule has 4 heteroatoms. The number of aromatic amines is 1. The van der Waals surface area contributed by atoms with Gasteiger partial charge in [0, 0.05) is 17.1 Å². The van der Waals surface area contributed by atoms with Gasteiger partial charge in [0.15, 0.2) is 11.6 Å². The smallest absolute Gasteiger partial charge is 0.174 e. The lowest BCUT2D eigenvalue weighted by molar-refractivity contribution is 0.593. The van der Waals surface area contributed by atoms with E-state index in [1.165, 1.54) is 0 Å². The Labute approximate surface area is 137 Å². The Balaban J connectivity index is 1.65. The molecule has 3 heterocycles. The monoisotopic (exact) mass is 311 g/mol. The van der Waals surface area contributed by atoms with E-state index in [2.05, 4.69) is 9.97 Å². The highest BCUT2D eigenvalue weighted by Crippen LogP contribution is 2.30. The number of H-pyrrole nitrogens is 1.